The Kier molecular flexibility index (Phi) is 8.95. The first kappa shape index (κ1) is 17.5. The van der Waals surface area contributed by atoms with Gasteiger partial charge in [-0.1, -0.05) is 55.1 Å². The topological polar surface area (TPSA) is 21.3 Å². The Morgan fingerprint density at radius 2 is 1.95 bits per heavy atom. The first-order valence-electron chi connectivity index (χ1n) is 7.88. The van der Waals surface area contributed by atoms with Crippen molar-refractivity contribution in [1.29, 1.82) is 0 Å². The second-order valence-electron chi connectivity index (χ2n) is 5.12. The minimum absolute atomic E-state index is 0.437. The highest BCUT2D eigenvalue weighted by Crippen LogP contribution is 2.30. The van der Waals surface area contributed by atoms with Gasteiger partial charge in [0, 0.05) is 10.5 Å². The second-order valence-corrected chi connectivity index (χ2v) is 5.97. The van der Waals surface area contributed by atoms with Crippen LogP contribution in [0, 0.1) is 0 Å². The summed E-state index contributed by atoms with van der Waals surface area (Å²) in [5, 5.41) is 3.67. The molecule has 0 spiro atoms. The molecule has 3 heteroatoms. The Balaban J connectivity index is 2.77. The Morgan fingerprint density at radius 3 is 2.55 bits per heavy atom. The van der Waals surface area contributed by atoms with Gasteiger partial charge in [0.1, 0.15) is 5.75 Å². The number of unbranched alkanes of at least 4 members (excludes halogenated alkanes) is 2. The van der Waals surface area contributed by atoms with Crippen LogP contribution in [0.3, 0.4) is 0 Å². The van der Waals surface area contributed by atoms with Gasteiger partial charge in [-0.25, -0.2) is 0 Å². The molecule has 1 aromatic carbocycles. The minimum atomic E-state index is 0.437. The van der Waals surface area contributed by atoms with Crippen LogP contribution in [0.1, 0.15) is 64.5 Å². The molecule has 1 unspecified atom stereocenters. The van der Waals surface area contributed by atoms with E-state index in [-0.39, 0.29) is 0 Å². The molecule has 1 aromatic rings. The summed E-state index contributed by atoms with van der Waals surface area (Å²) in [6.45, 7) is 8.25. The molecule has 1 N–H and O–H groups in total. The van der Waals surface area contributed by atoms with Crippen LogP contribution in [0.2, 0.25) is 0 Å². The summed E-state index contributed by atoms with van der Waals surface area (Å²) in [7, 11) is 0. The van der Waals surface area contributed by atoms with Crippen LogP contribution < -0.4 is 10.1 Å². The fourth-order valence-electron chi connectivity index (χ4n) is 2.33. The van der Waals surface area contributed by atoms with Gasteiger partial charge in [0.25, 0.3) is 0 Å². The molecule has 114 valence electrons. The molecule has 0 saturated carbocycles. The summed E-state index contributed by atoms with van der Waals surface area (Å²) in [6, 6.07) is 6.78. The maximum Gasteiger partial charge on any atom is 0.120 e. The van der Waals surface area contributed by atoms with E-state index in [2.05, 4.69) is 53.3 Å². The molecule has 0 fully saturated rings. The third kappa shape index (κ3) is 5.84. The van der Waals surface area contributed by atoms with E-state index in [0.717, 1.165) is 16.8 Å². The molecule has 0 amide bonds. The van der Waals surface area contributed by atoms with Gasteiger partial charge in [-0.05, 0) is 44.0 Å². The van der Waals surface area contributed by atoms with E-state index in [4.69, 9.17) is 4.74 Å². The fourth-order valence-corrected chi connectivity index (χ4v) is 2.97. The Labute approximate surface area is 132 Å². The monoisotopic (exact) mass is 341 g/mol. The molecular weight excluding hydrogens is 314 g/mol. The highest BCUT2D eigenvalue weighted by Gasteiger charge is 2.14. The predicted molar refractivity (Wildman–Crippen MR) is 90.5 cm³/mol. The predicted octanol–water partition coefficient (Wildman–Crippen LogP) is 5.47. The normalized spacial score (nSPS) is 12.4. The van der Waals surface area contributed by atoms with Crippen molar-refractivity contribution in [3.63, 3.8) is 0 Å². The third-order valence-corrected chi connectivity index (χ3v) is 4.08. The lowest BCUT2D eigenvalue weighted by molar-refractivity contribution is 0.339. The number of nitrogens with one attached hydrogen (secondary N) is 1. The molecule has 20 heavy (non-hydrogen) atoms. The zero-order chi connectivity index (χ0) is 14.8. The Hall–Kier alpha value is -0.540. The van der Waals surface area contributed by atoms with Crippen LogP contribution in [0.4, 0.5) is 0 Å². The number of hydrogen-bond donors (Lipinski definition) is 1. The van der Waals surface area contributed by atoms with Gasteiger partial charge in [0.2, 0.25) is 0 Å². The minimum Gasteiger partial charge on any atom is -0.494 e. The van der Waals surface area contributed by atoms with Gasteiger partial charge in [-0.2, -0.15) is 0 Å². The van der Waals surface area contributed by atoms with Crippen LogP contribution in [0.25, 0.3) is 0 Å². The van der Waals surface area contributed by atoms with Gasteiger partial charge in [-0.3, -0.25) is 0 Å². The summed E-state index contributed by atoms with van der Waals surface area (Å²) in [5.74, 6) is 0.936. The molecule has 0 heterocycles. The van der Waals surface area contributed by atoms with E-state index >= 15 is 0 Å². The summed E-state index contributed by atoms with van der Waals surface area (Å²) in [5.41, 5.74) is 1.35. The first-order valence-corrected chi connectivity index (χ1v) is 8.67. The first-order chi connectivity index (χ1) is 9.72. The molecular formula is C17H28BrNO. The van der Waals surface area contributed by atoms with Crippen molar-refractivity contribution < 1.29 is 4.74 Å². The van der Waals surface area contributed by atoms with Gasteiger partial charge < -0.3 is 10.1 Å². The fraction of sp³-hybridized carbons (Fsp3) is 0.647. The molecule has 0 aliphatic rings. The van der Waals surface area contributed by atoms with Crippen molar-refractivity contribution >= 4 is 15.9 Å². The van der Waals surface area contributed by atoms with Crippen LogP contribution in [0.5, 0.6) is 5.75 Å². The maximum atomic E-state index is 5.55. The lowest BCUT2D eigenvalue weighted by atomic mass is 10.00. The van der Waals surface area contributed by atoms with E-state index in [1.165, 1.54) is 37.7 Å². The quantitative estimate of drug-likeness (QED) is 0.569. The molecule has 2 nitrogen and oxygen atoms in total. The number of hydrogen-bond acceptors (Lipinski definition) is 2. The third-order valence-electron chi connectivity index (χ3n) is 3.40. The Morgan fingerprint density at radius 1 is 1.15 bits per heavy atom. The van der Waals surface area contributed by atoms with Gasteiger partial charge in [0.15, 0.2) is 0 Å². The number of halogens is 1. The second kappa shape index (κ2) is 10.2. The van der Waals surface area contributed by atoms with Crippen LogP contribution in [0.15, 0.2) is 22.7 Å². The average Bonchev–Trinajstić information content (AvgIpc) is 2.44. The SMILES string of the molecule is CCCCCC(NCCC)c1ccc(OCC)cc1Br. The van der Waals surface area contributed by atoms with E-state index in [0.29, 0.717) is 12.6 Å². The van der Waals surface area contributed by atoms with E-state index in [1.54, 1.807) is 0 Å². The maximum absolute atomic E-state index is 5.55. The van der Waals surface area contributed by atoms with E-state index in [1.807, 2.05) is 6.92 Å². The molecule has 0 aromatic heterocycles. The summed E-state index contributed by atoms with van der Waals surface area (Å²) in [6.07, 6.45) is 6.21. The summed E-state index contributed by atoms with van der Waals surface area (Å²) < 4.78 is 6.70. The molecule has 0 aliphatic carbocycles. The van der Waals surface area contributed by atoms with Crippen LogP contribution in [-0.2, 0) is 0 Å². The van der Waals surface area contributed by atoms with Crippen molar-refractivity contribution in [2.75, 3.05) is 13.2 Å². The van der Waals surface area contributed by atoms with E-state index in [9.17, 15) is 0 Å². The number of ether oxygens (including phenoxy) is 1. The van der Waals surface area contributed by atoms with E-state index < -0.39 is 0 Å². The number of benzene rings is 1. The molecule has 0 bridgehead atoms. The van der Waals surface area contributed by atoms with Crippen molar-refractivity contribution in [2.24, 2.45) is 0 Å². The summed E-state index contributed by atoms with van der Waals surface area (Å²) in [4.78, 5) is 0. The van der Waals surface area contributed by atoms with Crippen molar-refractivity contribution in [1.82, 2.24) is 5.32 Å². The highest BCUT2D eigenvalue weighted by molar-refractivity contribution is 9.10. The smallest absolute Gasteiger partial charge is 0.120 e. The molecule has 1 rings (SSSR count). The molecule has 1 atom stereocenters. The standard InChI is InChI=1S/C17H28BrNO/c1-4-7-8-9-17(19-12-5-2)15-11-10-14(20-6-3)13-16(15)18/h10-11,13,17,19H,4-9,12H2,1-3H3. The van der Waals surface area contributed by atoms with Crippen molar-refractivity contribution in [2.45, 2.75) is 58.9 Å². The molecule has 0 radical (unpaired) electrons. The zero-order valence-corrected chi connectivity index (χ0v) is 14.6. The van der Waals surface area contributed by atoms with Gasteiger partial charge in [-0.15, -0.1) is 0 Å². The largest absolute Gasteiger partial charge is 0.494 e. The molecule has 0 aliphatic heterocycles. The zero-order valence-electron chi connectivity index (χ0n) is 13.0. The summed E-state index contributed by atoms with van der Waals surface area (Å²) >= 11 is 3.70. The van der Waals surface area contributed by atoms with Crippen LogP contribution in [-0.4, -0.2) is 13.2 Å². The molecule has 0 saturated heterocycles. The van der Waals surface area contributed by atoms with Crippen molar-refractivity contribution in [3.8, 4) is 5.75 Å². The van der Waals surface area contributed by atoms with Crippen LogP contribution >= 0.6 is 15.9 Å². The lowest BCUT2D eigenvalue weighted by Crippen LogP contribution is -2.22. The van der Waals surface area contributed by atoms with Gasteiger partial charge >= 0.3 is 0 Å². The Bertz CT molecular complexity index is 381. The average molecular weight is 342 g/mol. The van der Waals surface area contributed by atoms with Crippen molar-refractivity contribution in [3.05, 3.63) is 28.2 Å². The van der Waals surface area contributed by atoms with Gasteiger partial charge in [0.05, 0.1) is 6.61 Å². The lowest BCUT2D eigenvalue weighted by Gasteiger charge is -2.21. The number of rotatable bonds is 10. The highest BCUT2D eigenvalue weighted by atomic mass is 79.9.